The van der Waals surface area contributed by atoms with Crippen LogP contribution in [0.15, 0.2) is 36.0 Å². The summed E-state index contributed by atoms with van der Waals surface area (Å²) < 4.78 is 18.8. The van der Waals surface area contributed by atoms with E-state index < -0.39 is 0 Å². The fourth-order valence-corrected chi connectivity index (χ4v) is 4.24. The van der Waals surface area contributed by atoms with Gasteiger partial charge in [0.25, 0.3) is 0 Å². The van der Waals surface area contributed by atoms with Crippen molar-refractivity contribution in [2.24, 2.45) is 0 Å². The fraction of sp³-hybridized carbons (Fsp3) is 0.526. The van der Waals surface area contributed by atoms with Crippen LogP contribution in [0.25, 0.3) is 0 Å². The number of rotatable bonds is 2. The predicted octanol–water partition coefficient (Wildman–Crippen LogP) is 3.09. The van der Waals surface area contributed by atoms with Crippen molar-refractivity contribution >= 4 is 11.7 Å². The molecule has 2 fully saturated rings. The van der Waals surface area contributed by atoms with Gasteiger partial charge < -0.3 is 14.5 Å². The number of carbonyl (C=O) groups excluding carboxylic acids is 1. The standard InChI is InChI=1S/C19H23FN2O2/c20-15-4-6-16(7-5-15)21-10-12-22(13-11-21)17-14-18(23)24-19(17)8-2-1-3-9-19/h4-7,14H,1-3,8-13H2. The molecule has 2 aliphatic heterocycles. The third-order valence-corrected chi connectivity index (χ3v) is 5.49. The van der Waals surface area contributed by atoms with E-state index >= 15 is 0 Å². The van der Waals surface area contributed by atoms with Crippen molar-refractivity contribution in [3.05, 3.63) is 41.9 Å². The number of esters is 1. The molecule has 2 heterocycles. The van der Waals surface area contributed by atoms with Gasteiger partial charge in [0.1, 0.15) is 5.82 Å². The minimum Gasteiger partial charge on any atom is -0.449 e. The number of nitrogens with zero attached hydrogens (tertiary/aromatic N) is 2. The Bertz CT molecular complexity index is 642. The molecule has 5 heteroatoms. The summed E-state index contributed by atoms with van der Waals surface area (Å²) in [5.41, 5.74) is 1.77. The summed E-state index contributed by atoms with van der Waals surface area (Å²) in [6, 6.07) is 6.67. The largest absolute Gasteiger partial charge is 0.449 e. The van der Waals surface area contributed by atoms with Crippen molar-refractivity contribution in [3.8, 4) is 0 Å². The number of hydrogen-bond donors (Lipinski definition) is 0. The molecule has 24 heavy (non-hydrogen) atoms. The van der Waals surface area contributed by atoms with Crippen LogP contribution in [0.1, 0.15) is 32.1 Å². The van der Waals surface area contributed by atoms with Crippen molar-refractivity contribution in [3.63, 3.8) is 0 Å². The Morgan fingerprint density at radius 3 is 2.21 bits per heavy atom. The van der Waals surface area contributed by atoms with E-state index in [-0.39, 0.29) is 17.4 Å². The lowest BCUT2D eigenvalue weighted by molar-refractivity contribution is -0.149. The molecule has 0 aromatic heterocycles. The summed E-state index contributed by atoms with van der Waals surface area (Å²) in [7, 11) is 0. The summed E-state index contributed by atoms with van der Waals surface area (Å²) in [5.74, 6) is -0.392. The molecule has 0 radical (unpaired) electrons. The highest BCUT2D eigenvalue weighted by Crippen LogP contribution is 2.42. The van der Waals surface area contributed by atoms with Gasteiger partial charge in [0.2, 0.25) is 0 Å². The molecule has 0 N–H and O–H groups in total. The van der Waals surface area contributed by atoms with Gasteiger partial charge in [-0.25, -0.2) is 9.18 Å². The molecule has 1 saturated heterocycles. The maximum atomic E-state index is 13.1. The molecule has 0 bridgehead atoms. The van der Waals surface area contributed by atoms with Crippen LogP contribution in [0.2, 0.25) is 0 Å². The van der Waals surface area contributed by atoms with Gasteiger partial charge in [0, 0.05) is 37.9 Å². The number of anilines is 1. The Hall–Kier alpha value is -2.04. The number of piperazine rings is 1. The lowest BCUT2D eigenvalue weighted by Gasteiger charge is -2.43. The minimum atomic E-state index is -0.368. The second-order valence-electron chi connectivity index (χ2n) is 6.96. The zero-order valence-electron chi connectivity index (χ0n) is 13.8. The number of benzene rings is 1. The first-order chi connectivity index (χ1) is 11.7. The van der Waals surface area contributed by atoms with E-state index in [9.17, 15) is 9.18 Å². The van der Waals surface area contributed by atoms with Gasteiger partial charge >= 0.3 is 5.97 Å². The van der Waals surface area contributed by atoms with Crippen LogP contribution < -0.4 is 4.90 Å². The van der Waals surface area contributed by atoms with Gasteiger partial charge in [-0.15, -0.1) is 0 Å². The van der Waals surface area contributed by atoms with Gasteiger partial charge in [-0.2, -0.15) is 0 Å². The molecular formula is C19H23FN2O2. The second-order valence-corrected chi connectivity index (χ2v) is 6.96. The van der Waals surface area contributed by atoms with Crippen LogP contribution in [0.5, 0.6) is 0 Å². The number of carbonyl (C=O) groups is 1. The highest BCUT2D eigenvalue weighted by Gasteiger charge is 2.46. The molecule has 1 aromatic carbocycles. The molecule has 128 valence electrons. The van der Waals surface area contributed by atoms with E-state index in [4.69, 9.17) is 4.74 Å². The third-order valence-electron chi connectivity index (χ3n) is 5.49. The van der Waals surface area contributed by atoms with Crippen LogP contribution in [0.4, 0.5) is 10.1 Å². The monoisotopic (exact) mass is 330 g/mol. The maximum Gasteiger partial charge on any atom is 0.333 e. The van der Waals surface area contributed by atoms with E-state index in [0.29, 0.717) is 0 Å². The van der Waals surface area contributed by atoms with Crippen molar-refractivity contribution < 1.29 is 13.9 Å². The first kappa shape index (κ1) is 15.5. The SMILES string of the molecule is O=C1C=C(N2CCN(c3ccc(F)cc3)CC2)C2(CCCCC2)O1. The van der Waals surface area contributed by atoms with Crippen LogP contribution in [-0.4, -0.2) is 42.6 Å². The molecule has 1 saturated carbocycles. The van der Waals surface area contributed by atoms with Gasteiger partial charge in [0.15, 0.2) is 5.60 Å². The molecule has 1 spiro atoms. The van der Waals surface area contributed by atoms with Gasteiger partial charge in [0.05, 0.1) is 5.70 Å². The number of hydrogen-bond acceptors (Lipinski definition) is 4. The number of halogens is 1. The van der Waals surface area contributed by atoms with Crippen LogP contribution in [0, 0.1) is 5.82 Å². The summed E-state index contributed by atoms with van der Waals surface area (Å²) in [4.78, 5) is 16.5. The Morgan fingerprint density at radius 1 is 0.917 bits per heavy atom. The summed E-state index contributed by atoms with van der Waals surface area (Å²) >= 11 is 0. The molecular weight excluding hydrogens is 307 g/mol. The van der Waals surface area contributed by atoms with Crippen LogP contribution >= 0.6 is 0 Å². The van der Waals surface area contributed by atoms with Crippen molar-refractivity contribution in [1.82, 2.24) is 4.90 Å². The van der Waals surface area contributed by atoms with E-state index in [0.717, 1.165) is 63.2 Å². The lowest BCUT2D eigenvalue weighted by atomic mass is 9.82. The lowest BCUT2D eigenvalue weighted by Crippen LogP contribution is -2.50. The van der Waals surface area contributed by atoms with Crippen molar-refractivity contribution in [2.75, 3.05) is 31.1 Å². The van der Waals surface area contributed by atoms with Crippen LogP contribution in [0.3, 0.4) is 0 Å². The predicted molar refractivity (Wildman–Crippen MR) is 90.2 cm³/mol. The molecule has 3 aliphatic rings. The first-order valence-corrected chi connectivity index (χ1v) is 8.87. The average molecular weight is 330 g/mol. The zero-order valence-corrected chi connectivity index (χ0v) is 13.8. The summed E-state index contributed by atoms with van der Waals surface area (Å²) in [6.07, 6.45) is 7.08. The Kier molecular flexibility index (Phi) is 3.94. The minimum absolute atomic E-state index is 0.187. The molecule has 0 amide bonds. The summed E-state index contributed by atoms with van der Waals surface area (Å²) in [5, 5.41) is 0. The smallest absolute Gasteiger partial charge is 0.333 e. The highest BCUT2D eigenvalue weighted by molar-refractivity contribution is 5.86. The fourth-order valence-electron chi connectivity index (χ4n) is 4.24. The van der Waals surface area contributed by atoms with Gasteiger partial charge in [-0.3, -0.25) is 0 Å². The summed E-state index contributed by atoms with van der Waals surface area (Å²) in [6.45, 7) is 3.46. The topological polar surface area (TPSA) is 32.8 Å². The average Bonchev–Trinajstić information content (AvgIpc) is 2.92. The Morgan fingerprint density at radius 2 is 1.54 bits per heavy atom. The second kappa shape index (κ2) is 6.11. The van der Waals surface area contributed by atoms with Gasteiger partial charge in [-0.1, -0.05) is 6.42 Å². The maximum absolute atomic E-state index is 13.1. The normalized spacial score (nSPS) is 23.4. The third kappa shape index (κ3) is 2.76. The van der Waals surface area contributed by atoms with Crippen molar-refractivity contribution in [1.29, 1.82) is 0 Å². The first-order valence-electron chi connectivity index (χ1n) is 8.87. The van der Waals surface area contributed by atoms with E-state index in [1.807, 2.05) is 12.1 Å². The van der Waals surface area contributed by atoms with E-state index in [1.165, 1.54) is 18.6 Å². The quantitative estimate of drug-likeness (QED) is 0.780. The molecule has 4 rings (SSSR count). The molecule has 0 atom stereocenters. The van der Waals surface area contributed by atoms with E-state index in [1.54, 1.807) is 6.08 Å². The highest BCUT2D eigenvalue weighted by atomic mass is 19.1. The van der Waals surface area contributed by atoms with Crippen molar-refractivity contribution in [2.45, 2.75) is 37.7 Å². The molecule has 1 aromatic rings. The molecule has 1 aliphatic carbocycles. The number of ether oxygens (including phenoxy) is 1. The Labute approximate surface area is 141 Å². The van der Waals surface area contributed by atoms with Crippen LogP contribution in [-0.2, 0) is 9.53 Å². The van der Waals surface area contributed by atoms with Gasteiger partial charge in [-0.05, 0) is 49.9 Å². The molecule has 4 nitrogen and oxygen atoms in total. The zero-order chi connectivity index (χ0) is 16.6. The molecule has 0 unspecified atom stereocenters. The Balaban J connectivity index is 1.46. The van der Waals surface area contributed by atoms with E-state index in [2.05, 4.69) is 9.80 Å².